The van der Waals surface area contributed by atoms with Gasteiger partial charge in [0.15, 0.2) is 0 Å². The highest BCUT2D eigenvalue weighted by Crippen LogP contribution is 2.22. The molecule has 0 unspecified atom stereocenters. The van der Waals surface area contributed by atoms with Crippen molar-refractivity contribution in [3.8, 4) is 0 Å². The number of amides is 1. The molecule has 2 N–H and O–H groups in total. The molecule has 3 nitrogen and oxygen atoms in total. The summed E-state index contributed by atoms with van der Waals surface area (Å²) < 4.78 is 0. The third-order valence-corrected chi connectivity index (χ3v) is 3.15. The summed E-state index contributed by atoms with van der Waals surface area (Å²) in [5.74, 6) is 0.549. The highest BCUT2D eigenvalue weighted by atomic mass is 16.2. The molecule has 1 saturated heterocycles. The summed E-state index contributed by atoms with van der Waals surface area (Å²) >= 11 is 0. The normalized spacial score (nSPS) is 32.2. The smallest absolute Gasteiger partial charge is 0.226 e. The molecular formula is C11H18N2O. The number of nitrogens with zero attached hydrogens (tertiary/aromatic N) is 1. The topological polar surface area (TPSA) is 46.3 Å². The first kappa shape index (κ1) is 9.71. The molecule has 0 spiro atoms. The van der Waals surface area contributed by atoms with Crippen LogP contribution in [0.3, 0.4) is 0 Å². The van der Waals surface area contributed by atoms with Crippen molar-refractivity contribution < 1.29 is 4.79 Å². The lowest BCUT2D eigenvalue weighted by atomic mass is 9.93. The fourth-order valence-electron chi connectivity index (χ4n) is 2.26. The van der Waals surface area contributed by atoms with Crippen molar-refractivity contribution in [1.29, 1.82) is 0 Å². The monoisotopic (exact) mass is 194 g/mol. The number of carbonyl (C=O) groups excluding carboxylic acids is 1. The molecule has 3 heteroatoms. The van der Waals surface area contributed by atoms with Gasteiger partial charge in [0.1, 0.15) is 0 Å². The molecule has 0 aromatic rings. The number of carbonyl (C=O) groups is 1. The van der Waals surface area contributed by atoms with Gasteiger partial charge in [-0.25, -0.2) is 0 Å². The summed E-state index contributed by atoms with van der Waals surface area (Å²) in [7, 11) is 0. The molecule has 0 radical (unpaired) electrons. The lowest BCUT2D eigenvalue weighted by Gasteiger charge is -2.23. The third-order valence-electron chi connectivity index (χ3n) is 3.15. The molecule has 2 rings (SSSR count). The van der Waals surface area contributed by atoms with Gasteiger partial charge in [-0.05, 0) is 25.7 Å². The van der Waals surface area contributed by atoms with Gasteiger partial charge in [-0.2, -0.15) is 0 Å². The highest BCUT2D eigenvalue weighted by molar-refractivity contribution is 5.79. The maximum atomic E-state index is 12.0. The van der Waals surface area contributed by atoms with E-state index in [1.54, 1.807) is 0 Å². The second kappa shape index (κ2) is 4.13. The Hall–Kier alpha value is -0.830. The quantitative estimate of drug-likeness (QED) is 0.630. The summed E-state index contributed by atoms with van der Waals surface area (Å²) in [5, 5.41) is 0. The predicted octanol–water partition coefficient (Wildman–Crippen LogP) is 0.902. The minimum atomic E-state index is 0.207. The summed E-state index contributed by atoms with van der Waals surface area (Å²) in [6, 6.07) is 0.207. The molecule has 0 bridgehead atoms. The Morgan fingerprint density at radius 3 is 2.79 bits per heavy atom. The summed E-state index contributed by atoms with van der Waals surface area (Å²) in [4.78, 5) is 13.9. The van der Waals surface area contributed by atoms with Crippen molar-refractivity contribution in [3.63, 3.8) is 0 Å². The SMILES string of the molecule is N[C@H]1CCN(C(=O)[C@H]2CC=CCC2)C1. The van der Waals surface area contributed by atoms with E-state index in [9.17, 15) is 4.79 Å². The molecule has 0 aromatic heterocycles. The van der Waals surface area contributed by atoms with Crippen LogP contribution in [0.4, 0.5) is 0 Å². The molecular weight excluding hydrogens is 176 g/mol. The van der Waals surface area contributed by atoms with Crippen LogP contribution in [-0.2, 0) is 4.79 Å². The number of hydrogen-bond donors (Lipinski definition) is 1. The van der Waals surface area contributed by atoms with Crippen LogP contribution in [0.1, 0.15) is 25.7 Å². The Balaban J connectivity index is 1.91. The molecule has 1 heterocycles. The van der Waals surface area contributed by atoms with Gasteiger partial charge in [0.25, 0.3) is 0 Å². The maximum Gasteiger partial charge on any atom is 0.226 e. The van der Waals surface area contributed by atoms with Crippen LogP contribution in [0.2, 0.25) is 0 Å². The highest BCUT2D eigenvalue weighted by Gasteiger charge is 2.28. The summed E-state index contributed by atoms with van der Waals surface area (Å²) in [6.45, 7) is 1.62. The Kier molecular flexibility index (Phi) is 2.87. The van der Waals surface area contributed by atoms with E-state index in [1.807, 2.05) is 4.90 Å². The van der Waals surface area contributed by atoms with Gasteiger partial charge < -0.3 is 10.6 Å². The van der Waals surface area contributed by atoms with E-state index >= 15 is 0 Å². The zero-order valence-corrected chi connectivity index (χ0v) is 8.48. The molecule has 2 atom stereocenters. The Morgan fingerprint density at radius 1 is 1.36 bits per heavy atom. The number of rotatable bonds is 1. The lowest BCUT2D eigenvalue weighted by molar-refractivity contribution is -0.134. The second-order valence-electron chi connectivity index (χ2n) is 4.31. The van der Waals surface area contributed by atoms with Crippen molar-refractivity contribution in [2.45, 2.75) is 31.7 Å². The Morgan fingerprint density at radius 2 is 2.21 bits per heavy atom. The number of allylic oxidation sites excluding steroid dienone is 2. The zero-order valence-electron chi connectivity index (χ0n) is 8.48. The number of likely N-dealkylation sites (tertiary alicyclic amines) is 1. The number of nitrogens with two attached hydrogens (primary N) is 1. The molecule has 1 aliphatic carbocycles. The first-order chi connectivity index (χ1) is 6.77. The molecule has 0 saturated carbocycles. The van der Waals surface area contributed by atoms with E-state index in [0.717, 1.165) is 38.8 Å². The van der Waals surface area contributed by atoms with Crippen LogP contribution >= 0.6 is 0 Å². The Bertz CT molecular complexity index is 250. The largest absolute Gasteiger partial charge is 0.341 e. The van der Waals surface area contributed by atoms with E-state index in [4.69, 9.17) is 5.73 Å². The van der Waals surface area contributed by atoms with Crippen LogP contribution in [0.5, 0.6) is 0 Å². The molecule has 1 fully saturated rings. The van der Waals surface area contributed by atoms with Crippen molar-refractivity contribution in [2.24, 2.45) is 11.7 Å². The van der Waals surface area contributed by atoms with E-state index in [0.29, 0.717) is 5.91 Å². The van der Waals surface area contributed by atoms with Crippen LogP contribution < -0.4 is 5.73 Å². The fourth-order valence-corrected chi connectivity index (χ4v) is 2.26. The van der Waals surface area contributed by atoms with Crippen LogP contribution in [-0.4, -0.2) is 29.9 Å². The zero-order chi connectivity index (χ0) is 9.97. The standard InChI is InChI=1S/C11H18N2O/c12-10-6-7-13(8-10)11(14)9-4-2-1-3-5-9/h1-2,9-10H,3-8,12H2/t9-,10-/m0/s1. The van der Waals surface area contributed by atoms with E-state index in [-0.39, 0.29) is 12.0 Å². The minimum Gasteiger partial charge on any atom is -0.341 e. The van der Waals surface area contributed by atoms with Gasteiger partial charge in [0, 0.05) is 25.0 Å². The molecule has 78 valence electrons. The van der Waals surface area contributed by atoms with E-state index in [1.165, 1.54) is 0 Å². The van der Waals surface area contributed by atoms with Gasteiger partial charge in [-0.3, -0.25) is 4.79 Å². The summed E-state index contributed by atoms with van der Waals surface area (Å²) in [6.07, 6.45) is 8.25. The van der Waals surface area contributed by atoms with Gasteiger partial charge in [0.05, 0.1) is 0 Å². The Labute approximate surface area is 84.9 Å². The van der Waals surface area contributed by atoms with Crippen LogP contribution in [0.15, 0.2) is 12.2 Å². The van der Waals surface area contributed by atoms with E-state index < -0.39 is 0 Å². The second-order valence-corrected chi connectivity index (χ2v) is 4.31. The minimum absolute atomic E-state index is 0.207. The van der Waals surface area contributed by atoms with Crippen LogP contribution in [0.25, 0.3) is 0 Å². The molecule has 1 amide bonds. The molecule has 1 aliphatic heterocycles. The molecule has 2 aliphatic rings. The van der Waals surface area contributed by atoms with Crippen molar-refractivity contribution in [1.82, 2.24) is 4.90 Å². The van der Waals surface area contributed by atoms with Crippen molar-refractivity contribution >= 4 is 5.91 Å². The first-order valence-electron chi connectivity index (χ1n) is 5.47. The average molecular weight is 194 g/mol. The third kappa shape index (κ3) is 1.98. The summed E-state index contributed by atoms with van der Waals surface area (Å²) in [5.41, 5.74) is 5.78. The van der Waals surface area contributed by atoms with Gasteiger partial charge in [0.2, 0.25) is 5.91 Å². The van der Waals surface area contributed by atoms with E-state index in [2.05, 4.69) is 12.2 Å². The van der Waals surface area contributed by atoms with Gasteiger partial charge in [-0.1, -0.05) is 12.2 Å². The van der Waals surface area contributed by atoms with Gasteiger partial charge in [-0.15, -0.1) is 0 Å². The van der Waals surface area contributed by atoms with Gasteiger partial charge >= 0.3 is 0 Å². The lowest BCUT2D eigenvalue weighted by Crippen LogP contribution is -2.36. The predicted molar refractivity (Wildman–Crippen MR) is 55.7 cm³/mol. The van der Waals surface area contributed by atoms with Crippen molar-refractivity contribution in [3.05, 3.63) is 12.2 Å². The number of hydrogen-bond acceptors (Lipinski definition) is 2. The first-order valence-corrected chi connectivity index (χ1v) is 5.47. The fraction of sp³-hybridized carbons (Fsp3) is 0.727. The maximum absolute atomic E-state index is 12.0. The molecule has 0 aromatic carbocycles. The van der Waals surface area contributed by atoms with Crippen molar-refractivity contribution in [2.75, 3.05) is 13.1 Å². The van der Waals surface area contributed by atoms with Crippen LogP contribution in [0, 0.1) is 5.92 Å². The molecule has 14 heavy (non-hydrogen) atoms. The average Bonchev–Trinajstić information content (AvgIpc) is 2.65.